The summed E-state index contributed by atoms with van der Waals surface area (Å²) in [6, 6.07) is 0. The zero-order valence-electron chi connectivity index (χ0n) is 14.1. The van der Waals surface area contributed by atoms with Gasteiger partial charge in [0.25, 0.3) is 0 Å². The van der Waals surface area contributed by atoms with Gasteiger partial charge in [-0.1, -0.05) is 20.8 Å². The van der Waals surface area contributed by atoms with E-state index < -0.39 is 0 Å². The standard InChI is InChI=1S/C17H24N4O2/c1-17(2,3)16-18-9-12-10-21(11-13(12)19-16)15(23)6-8-20-7-4-5-14(20)22/h9H,4-8,10-11H2,1-3H3. The average molecular weight is 316 g/mol. The van der Waals surface area contributed by atoms with Crippen molar-refractivity contribution in [1.82, 2.24) is 19.8 Å². The first-order valence-electron chi connectivity index (χ1n) is 8.25. The number of carbonyl (C=O) groups is 2. The number of amides is 2. The number of rotatable bonds is 3. The zero-order chi connectivity index (χ0) is 16.6. The fourth-order valence-electron chi connectivity index (χ4n) is 3.02. The summed E-state index contributed by atoms with van der Waals surface area (Å²) in [5.74, 6) is 1.07. The Bertz CT molecular complexity index is 636. The van der Waals surface area contributed by atoms with Crippen LogP contribution in [0.3, 0.4) is 0 Å². The third kappa shape index (κ3) is 3.35. The third-order valence-corrected chi connectivity index (χ3v) is 4.45. The van der Waals surface area contributed by atoms with Crippen LogP contribution in [0, 0.1) is 0 Å². The van der Waals surface area contributed by atoms with Gasteiger partial charge in [-0.05, 0) is 6.42 Å². The number of aromatic nitrogens is 2. The molecule has 0 N–H and O–H groups in total. The van der Waals surface area contributed by atoms with Crippen LogP contribution in [0.2, 0.25) is 0 Å². The van der Waals surface area contributed by atoms with Gasteiger partial charge in [-0.2, -0.15) is 0 Å². The van der Waals surface area contributed by atoms with E-state index in [1.807, 2.05) is 11.1 Å². The zero-order valence-corrected chi connectivity index (χ0v) is 14.1. The molecule has 3 rings (SSSR count). The highest BCUT2D eigenvalue weighted by Crippen LogP contribution is 2.25. The summed E-state index contributed by atoms with van der Waals surface area (Å²) in [4.78, 5) is 36.7. The van der Waals surface area contributed by atoms with E-state index >= 15 is 0 Å². The second kappa shape index (κ2) is 5.91. The SMILES string of the molecule is CC(C)(C)c1ncc2c(n1)CN(C(=O)CCN1CCCC1=O)C2. The van der Waals surface area contributed by atoms with E-state index in [0.717, 1.165) is 30.0 Å². The largest absolute Gasteiger partial charge is 0.342 e. The molecule has 124 valence electrons. The third-order valence-electron chi connectivity index (χ3n) is 4.45. The highest BCUT2D eigenvalue weighted by molar-refractivity contribution is 5.80. The molecule has 0 aliphatic carbocycles. The van der Waals surface area contributed by atoms with Gasteiger partial charge in [0.05, 0.1) is 12.2 Å². The fraction of sp³-hybridized carbons (Fsp3) is 0.647. The smallest absolute Gasteiger partial charge is 0.225 e. The van der Waals surface area contributed by atoms with Gasteiger partial charge >= 0.3 is 0 Å². The predicted octanol–water partition coefficient (Wildman–Crippen LogP) is 1.63. The number of likely N-dealkylation sites (tertiary alicyclic amines) is 1. The molecule has 3 heterocycles. The monoisotopic (exact) mass is 316 g/mol. The Morgan fingerprint density at radius 3 is 2.74 bits per heavy atom. The molecule has 0 spiro atoms. The van der Waals surface area contributed by atoms with Crippen molar-refractivity contribution in [2.45, 2.75) is 58.5 Å². The van der Waals surface area contributed by atoms with Crippen LogP contribution in [-0.4, -0.2) is 44.7 Å². The van der Waals surface area contributed by atoms with Gasteiger partial charge in [0, 0.05) is 49.7 Å². The lowest BCUT2D eigenvalue weighted by molar-refractivity contribution is -0.133. The number of nitrogens with zero attached hydrogens (tertiary/aromatic N) is 4. The first-order chi connectivity index (χ1) is 10.8. The Morgan fingerprint density at radius 1 is 1.30 bits per heavy atom. The fourth-order valence-corrected chi connectivity index (χ4v) is 3.02. The van der Waals surface area contributed by atoms with Crippen molar-refractivity contribution in [2.75, 3.05) is 13.1 Å². The number of hydrogen-bond donors (Lipinski definition) is 0. The van der Waals surface area contributed by atoms with Crippen molar-refractivity contribution in [2.24, 2.45) is 0 Å². The number of carbonyl (C=O) groups excluding carboxylic acids is 2. The van der Waals surface area contributed by atoms with Crippen LogP contribution in [0.5, 0.6) is 0 Å². The minimum absolute atomic E-state index is 0.0833. The summed E-state index contributed by atoms with van der Waals surface area (Å²) in [6.07, 6.45) is 3.77. The Labute approximate surface area is 136 Å². The molecule has 6 heteroatoms. The molecule has 6 nitrogen and oxygen atoms in total. The Morgan fingerprint density at radius 2 is 2.09 bits per heavy atom. The molecule has 1 fully saturated rings. The molecular formula is C17H24N4O2. The topological polar surface area (TPSA) is 66.4 Å². The van der Waals surface area contributed by atoms with Gasteiger partial charge in [0.15, 0.2) is 0 Å². The van der Waals surface area contributed by atoms with Gasteiger partial charge in [-0.3, -0.25) is 9.59 Å². The maximum Gasteiger partial charge on any atom is 0.225 e. The van der Waals surface area contributed by atoms with E-state index in [2.05, 4.69) is 30.7 Å². The van der Waals surface area contributed by atoms with Gasteiger partial charge in [-0.25, -0.2) is 9.97 Å². The second-order valence-electron chi connectivity index (χ2n) is 7.40. The van der Waals surface area contributed by atoms with Crippen molar-refractivity contribution in [1.29, 1.82) is 0 Å². The highest BCUT2D eigenvalue weighted by Gasteiger charge is 2.28. The molecule has 23 heavy (non-hydrogen) atoms. The molecular weight excluding hydrogens is 292 g/mol. The Hall–Kier alpha value is -1.98. The summed E-state index contributed by atoms with van der Waals surface area (Å²) in [5.41, 5.74) is 1.89. The van der Waals surface area contributed by atoms with Gasteiger partial charge in [0.1, 0.15) is 5.82 Å². The van der Waals surface area contributed by atoms with E-state index in [-0.39, 0.29) is 17.2 Å². The van der Waals surface area contributed by atoms with Crippen molar-refractivity contribution in [3.05, 3.63) is 23.3 Å². The van der Waals surface area contributed by atoms with E-state index in [4.69, 9.17) is 0 Å². The molecule has 2 aliphatic heterocycles. The lowest BCUT2D eigenvalue weighted by Crippen LogP contribution is -2.32. The van der Waals surface area contributed by atoms with E-state index in [1.54, 1.807) is 4.90 Å². The second-order valence-corrected chi connectivity index (χ2v) is 7.40. The molecule has 0 aromatic carbocycles. The maximum absolute atomic E-state index is 12.4. The van der Waals surface area contributed by atoms with Gasteiger partial charge in [0.2, 0.25) is 11.8 Å². The highest BCUT2D eigenvalue weighted by atomic mass is 16.2. The van der Waals surface area contributed by atoms with Crippen molar-refractivity contribution >= 4 is 11.8 Å². The van der Waals surface area contributed by atoms with Crippen LogP contribution in [0.1, 0.15) is 57.1 Å². The predicted molar refractivity (Wildman–Crippen MR) is 85.4 cm³/mol. The van der Waals surface area contributed by atoms with Crippen LogP contribution in [-0.2, 0) is 28.1 Å². The lowest BCUT2D eigenvalue weighted by atomic mass is 9.95. The lowest BCUT2D eigenvalue weighted by Gasteiger charge is -2.19. The number of fused-ring (bicyclic) bond motifs is 1. The normalized spacial score (nSPS) is 17.8. The molecule has 0 bridgehead atoms. The maximum atomic E-state index is 12.4. The minimum atomic E-state index is -0.0947. The van der Waals surface area contributed by atoms with Crippen LogP contribution < -0.4 is 0 Å². The minimum Gasteiger partial charge on any atom is -0.342 e. The van der Waals surface area contributed by atoms with E-state index in [1.165, 1.54) is 0 Å². The summed E-state index contributed by atoms with van der Waals surface area (Å²) in [5, 5.41) is 0. The first kappa shape index (κ1) is 15.9. The number of hydrogen-bond acceptors (Lipinski definition) is 4. The van der Waals surface area contributed by atoms with E-state index in [9.17, 15) is 9.59 Å². The van der Waals surface area contributed by atoms with Gasteiger partial charge < -0.3 is 9.80 Å². The quantitative estimate of drug-likeness (QED) is 0.850. The van der Waals surface area contributed by atoms with Crippen LogP contribution in [0.25, 0.3) is 0 Å². The summed E-state index contributed by atoms with van der Waals surface area (Å²) in [6.45, 7) is 8.69. The van der Waals surface area contributed by atoms with Crippen molar-refractivity contribution < 1.29 is 9.59 Å². The molecule has 0 unspecified atom stereocenters. The molecule has 1 aromatic rings. The van der Waals surface area contributed by atoms with Crippen LogP contribution in [0.15, 0.2) is 6.20 Å². The molecule has 2 amide bonds. The molecule has 1 aromatic heterocycles. The summed E-state index contributed by atoms with van der Waals surface area (Å²) < 4.78 is 0. The Balaban J connectivity index is 1.60. The molecule has 0 saturated carbocycles. The summed E-state index contributed by atoms with van der Waals surface area (Å²) >= 11 is 0. The van der Waals surface area contributed by atoms with Crippen LogP contribution >= 0.6 is 0 Å². The molecule has 1 saturated heterocycles. The van der Waals surface area contributed by atoms with Crippen molar-refractivity contribution in [3.63, 3.8) is 0 Å². The molecule has 0 radical (unpaired) electrons. The van der Waals surface area contributed by atoms with Gasteiger partial charge in [-0.15, -0.1) is 0 Å². The molecule has 2 aliphatic rings. The van der Waals surface area contributed by atoms with Crippen LogP contribution in [0.4, 0.5) is 0 Å². The molecule has 0 atom stereocenters. The van der Waals surface area contributed by atoms with Crippen molar-refractivity contribution in [3.8, 4) is 0 Å². The average Bonchev–Trinajstić information content (AvgIpc) is 3.09. The summed E-state index contributed by atoms with van der Waals surface area (Å²) in [7, 11) is 0. The Kier molecular flexibility index (Phi) is 4.08. The van der Waals surface area contributed by atoms with E-state index in [0.29, 0.717) is 32.5 Å². The first-order valence-corrected chi connectivity index (χ1v) is 8.25.